The lowest BCUT2D eigenvalue weighted by Gasteiger charge is -2.23. The Morgan fingerprint density at radius 1 is 1.10 bits per heavy atom. The second kappa shape index (κ2) is 11.3. The number of aryl methyl sites for hydroxylation is 1. The minimum Gasteiger partial charge on any atom is -0.377 e. The van der Waals surface area contributed by atoms with Gasteiger partial charge in [0.25, 0.3) is 15.9 Å². The fourth-order valence-corrected chi connectivity index (χ4v) is 7.33. The van der Waals surface area contributed by atoms with Gasteiger partial charge in [0, 0.05) is 24.2 Å². The summed E-state index contributed by atoms with van der Waals surface area (Å²) in [4.78, 5) is 20.8. The van der Waals surface area contributed by atoms with E-state index in [-0.39, 0.29) is 16.6 Å². The monoisotopic (exact) mass is 590 g/mol. The summed E-state index contributed by atoms with van der Waals surface area (Å²) in [5, 5.41) is 3.88. The van der Waals surface area contributed by atoms with E-state index in [4.69, 9.17) is 14.3 Å². The third-order valence-corrected chi connectivity index (χ3v) is 10.1. The van der Waals surface area contributed by atoms with Gasteiger partial charge in [-0.2, -0.15) is 0 Å². The smallest absolute Gasteiger partial charge is 0.263 e. The van der Waals surface area contributed by atoms with Crippen LogP contribution in [-0.2, 0) is 32.7 Å². The van der Waals surface area contributed by atoms with Crippen LogP contribution in [0.3, 0.4) is 0 Å². The standard InChI is InChI=1S/C32H38N4O5S/c1-4-40-20-25-17-24(19-36-29(18-23-11-12-23)33-32(31(36)37)15-7-8-16-32)13-14-26(25)27-9-5-6-10-28(27)42(38,39)35-30-21(2)22(3)41-34-30/h5-6,9-10,13-14,17,23H,4,7-8,11-12,15-16,18-20H2,1-3H3,(H,34,35). The molecule has 0 atom stereocenters. The lowest BCUT2D eigenvalue weighted by molar-refractivity contribution is -0.131. The van der Waals surface area contributed by atoms with Crippen molar-refractivity contribution in [3.05, 3.63) is 64.9 Å². The number of carbonyl (C=O) groups is 1. The van der Waals surface area contributed by atoms with E-state index in [1.54, 1.807) is 32.0 Å². The van der Waals surface area contributed by atoms with Crippen molar-refractivity contribution in [3.8, 4) is 11.1 Å². The Morgan fingerprint density at radius 3 is 2.55 bits per heavy atom. The van der Waals surface area contributed by atoms with Crippen molar-refractivity contribution in [3.63, 3.8) is 0 Å². The summed E-state index contributed by atoms with van der Waals surface area (Å²) >= 11 is 0. The van der Waals surface area contributed by atoms with E-state index >= 15 is 0 Å². The van der Waals surface area contributed by atoms with Gasteiger partial charge in [0.15, 0.2) is 5.82 Å². The maximum absolute atomic E-state index is 13.7. The summed E-state index contributed by atoms with van der Waals surface area (Å²) < 4.78 is 40.8. The zero-order chi connectivity index (χ0) is 29.5. The Hall–Kier alpha value is -3.50. The number of hydrogen-bond acceptors (Lipinski definition) is 7. The minimum absolute atomic E-state index is 0.131. The molecule has 1 N–H and O–H groups in total. The second-order valence-corrected chi connectivity index (χ2v) is 13.4. The van der Waals surface area contributed by atoms with Crippen molar-refractivity contribution < 1.29 is 22.5 Å². The van der Waals surface area contributed by atoms with Gasteiger partial charge in [-0.15, -0.1) is 0 Å². The number of rotatable bonds is 11. The van der Waals surface area contributed by atoms with Crippen LogP contribution in [-0.4, -0.2) is 42.4 Å². The summed E-state index contributed by atoms with van der Waals surface area (Å²) in [6.07, 6.45) is 7.01. The minimum atomic E-state index is -3.98. The van der Waals surface area contributed by atoms with Crippen molar-refractivity contribution in [2.24, 2.45) is 10.9 Å². The van der Waals surface area contributed by atoms with Gasteiger partial charge in [0.05, 0.1) is 18.0 Å². The first kappa shape index (κ1) is 28.6. The third-order valence-electron chi connectivity index (χ3n) is 8.72. The van der Waals surface area contributed by atoms with Crippen LogP contribution in [0.1, 0.15) is 74.3 Å². The number of amides is 1. The van der Waals surface area contributed by atoms with Gasteiger partial charge in [-0.05, 0) is 75.1 Å². The Kier molecular flexibility index (Phi) is 7.70. The number of nitrogens with one attached hydrogen (secondary N) is 1. The second-order valence-electron chi connectivity index (χ2n) is 11.7. The molecule has 1 spiro atoms. The predicted octanol–water partition coefficient (Wildman–Crippen LogP) is 6.15. The molecule has 2 saturated carbocycles. The number of ether oxygens (including phenoxy) is 1. The molecule has 1 aliphatic heterocycles. The maximum atomic E-state index is 13.7. The van der Waals surface area contributed by atoms with Crippen LogP contribution in [0.5, 0.6) is 0 Å². The van der Waals surface area contributed by atoms with Gasteiger partial charge < -0.3 is 9.26 Å². The molecule has 3 aliphatic rings. The first-order valence-electron chi connectivity index (χ1n) is 14.9. The van der Waals surface area contributed by atoms with E-state index < -0.39 is 15.6 Å². The van der Waals surface area contributed by atoms with E-state index in [1.807, 2.05) is 36.1 Å². The van der Waals surface area contributed by atoms with Gasteiger partial charge in [-0.25, -0.2) is 8.42 Å². The van der Waals surface area contributed by atoms with Crippen LogP contribution in [0.4, 0.5) is 5.82 Å². The first-order chi connectivity index (χ1) is 20.2. The van der Waals surface area contributed by atoms with E-state index in [0.717, 1.165) is 54.6 Å². The molecule has 42 heavy (non-hydrogen) atoms. The third kappa shape index (κ3) is 5.49. The van der Waals surface area contributed by atoms with Gasteiger partial charge >= 0.3 is 0 Å². The van der Waals surface area contributed by atoms with Crippen LogP contribution in [0.15, 0.2) is 56.9 Å². The van der Waals surface area contributed by atoms with Crippen molar-refractivity contribution in [1.29, 1.82) is 0 Å². The molecule has 0 saturated heterocycles. The molecule has 2 heterocycles. The Labute approximate surface area is 247 Å². The highest BCUT2D eigenvalue weighted by Gasteiger charge is 2.50. The summed E-state index contributed by atoms with van der Waals surface area (Å²) in [7, 11) is -3.98. The molecule has 9 nitrogen and oxygen atoms in total. The number of benzene rings is 2. The summed E-state index contributed by atoms with van der Waals surface area (Å²) in [6, 6.07) is 12.9. The highest BCUT2D eigenvalue weighted by molar-refractivity contribution is 7.92. The Morgan fingerprint density at radius 2 is 1.86 bits per heavy atom. The fraction of sp³-hybridized carbons (Fsp3) is 0.469. The molecule has 222 valence electrons. The van der Waals surface area contributed by atoms with Crippen molar-refractivity contribution in [2.75, 3.05) is 11.3 Å². The average Bonchev–Trinajstić information content (AvgIpc) is 3.50. The highest BCUT2D eigenvalue weighted by atomic mass is 32.2. The van der Waals surface area contributed by atoms with Gasteiger partial charge in [0.1, 0.15) is 17.1 Å². The number of nitrogens with zero attached hydrogens (tertiary/aromatic N) is 3. The highest BCUT2D eigenvalue weighted by Crippen LogP contribution is 2.43. The van der Waals surface area contributed by atoms with Crippen LogP contribution >= 0.6 is 0 Å². The van der Waals surface area contributed by atoms with Crippen LogP contribution < -0.4 is 4.72 Å². The lowest BCUT2D eigenvalue weighted by atomic mass is 9.96. The predicted molar refractivity (Wildman–Crippen MR) is 161 cm³/mol. The zero-order valence-corrected chi connectivity index (χ0v) is 25.3. The van der Waals surface area contributed by atoms with Gasteiger partial charge in [-0.1, -0.05) is 54.4 Å². The molecule has 2 aromatic carbocycles. The van der Waals surface area contributed by atoms with E-state index in [0.29, 0.717) is 42.6 Å². The Balaban J connectivity index is 1.33. The number of anilines is 1. The van der Waals surface area contributed by atoms with E-state index in [1.165, 1.54) is 12.8 Å². The lowest BCUT2D eigenvalue weighted by Crippen LogP contribution is -2.40. The molecule has 0 radical (unpaired) electrons. The van der Waals surface area contributed by atoms with Gasteiger partial charge in [0.2, 0.25) is 0 Å². The zero-order valence-electron chi connectivity index (χ0n) is 24.5. The van der Waals surface area contributed by atoms with Crippen molar-refractivity contribution in [1.82, 2.24) is 10.1 Å². The molecule has 2 fully saturated rings. The number of aromatic nitrogens is 1. The largest absolute Gasteiger partial charge is 0.377 e. The molecule has 0 unspecified atom stereocenters. The Bertz CT molecular complexity index is 1630. The van der Waals surface area contributed by atoms with Crippen LogP contribution in [0.25, 0.3) is 11.1 Å². The molecular weight excluding hydrogens is 552 g/mol. The normalized spacial score (nSPS) is 18.2. The number of aliphatic imine (C=N–C) groups is 1. The topological polar surface area (TPSA) is 114 Å². The van der Waals surface area contributed by atoms with Gasteiger partial charge in [-0.3, -0.25) is 19.4 Å². The number of hydrogen-bond donors (Lipinski definition) is 1. The number of sulfonamides is 1. The molecule has 1 aromatic heterocycles. The van der Waals surface area contributed by atoms with Crippen molar-refractivity contribution in [2.45, 2.75) is 89.3 Å². The quantitative estimate of drug-likeness (QED) is 0.287. The molecule has 3 aromatic rings. The van der Waals surface area contributed by atoms with Crippen LogP contribution in [0.2, 0.25) is 0 Å². The molecule has 6 rings (SSSR count). The van der Waals surface area contributed by atoms with E-state index in [9.17, 15) is 13.2 Å². The molecule has 0 bridgehead atoms. The summed E-state index contributed by atoms with van der Waals surface area (Å²) in [5.74, 6) is 2.42. The maximum Gasteiger partial charge on any atom is 0.263 e. The molecule has 10 heteroatoms. The number of amidine groups is 1. The molecule has 1 amide bonds. The summed E-state index contributed by atoms with van der Waals surface area (Å²) in [6.45, 7) is 6.69. The summed E-state index contributed by atoms with van der Waals surface area (Å²) in [5.41, 5.74) is 3.20. The SMILES string of the molecule is CCOCc1cc(CN2C(=O)C3(CCCC3)N=C2CC2CC2)ccc1-c1ccccc1S(=O)(=O)Nc1noc(C)c1C. The average molecular weight is 591 g/mol. The number of carbonyl (C=O) groups excluding carboxylic acids is 1. The first-order valence-corrected chi connectivity index (χ1v) is 16.3. The molecule has 2 aliphatic carbocycles. The fourth-order valence-electron chi connectivity index (χ4n) is 6.05. The van der Waals surface area contributed by atoms with Crippen molar-refractivity contribution >= 4 is 27.6 Å². The molecular formula is C32H38N4O5S. The van der Waals surface area contributed by atoms with Crippen LogP contribution in [0, 0.1) is 19.8 Å². The van der Waals surface area contributed by atoms with E-state index in [2.05, 4.69) is 9.88 Å².